The van der Waals surface area contributed by atoms with Gasteiger partial charge in [0.2, 0.25) is 0 Å². The second-order valence-corrected chi connectivity index (χ2v) is 11.7. The maximum absolute atomic E-state index is 2.33. The summed E-state index contributed by atoms with van der Waals surface area (Å²) in [5.41, 5.74) is 11.5. The van der Waals surface area contributed by atoms with Crippen LogP contribution in [-0.2, 0) is 20.1 Å². The van der Waals surface area contributed by atoms with Crippen LogP contribution in [0.4, 0.5) is 34.1 Å². The van der Waals surface area contributed by atoms with Crippen LogP contribution in [-0.4, -0.2) is 19.6 Å². The molecule has 0 amide bonds. The van der Waals surface area contributed by atoms with Crippen LogP contribution >= 0.6 is 9.90 Å². The van der Waals surface area contributed by atoms with Gasteiger partial charge in [-0.1, -0.05) is 146 Å². The van der Waals surface area contributed by atoms with Crippen LogP contribution in [0.25, 0.3) is 18.2 Å². The minimum Gasteiger partial charge on any atom is -0.337 e. The molecule has 1 unspecified atom stereocenters. The van der Waals surface area contributed by atoms with Crippen LogP contribution in [0.2, 0.25) is 0 Å². The van der Waals surface area contributed by atoms with E-state index in [0.717, 1.165) is 19.6 Å². The minimum atomic E-state index is 0. The molecule has 3 nitrogen and oxygen atoms in total. The Morgan fingerprint density at radius 3 is 0.820 bits per heavy atom. The molecule has 0 fully saturated rings. The summed E-state index contributed by atoms with van der Waals surface area (Å²) in [5, 5.41) is 0. The number of para-hydroxylation sites is 6. The van der Waals surface area contributed by atoms with Crippen molar-refractivity contribution in [2.24, 2.45) is 0 Å². The van der Waals surface area contributed by atoms with E-state index in [-0.39, 0.29) is 30.0 Å². The summed E-state index contributed by atoms with van der Waals surface area (Å²) in [5.74, 6) is 0. The molecule has 0 bridgehead atoms. The van der Waals surface area contributed by atoms with E-state index in [1.807, 2.05) is 0 Å². The van der Waals surface area contributed by atoms with E-state index in [9.17, 15) is 0 Å². The van der Waals surface area contributed by atoms with Gasteiger partial charge in [-0.2, -0.15) is 9.90 Å². The summed E-state index contributed by atoms with van der Waals surface area (Å²) in [6, 6.07) is 57.0. The van der Waals surface area contributed by atoms with Crippen molar-refractivity contribution >= 4 is 62.3 Å². The topological polar surface area (TPSA) is 9.72 Å². The van der Waals surface area contributed by atoms with Crippen LogP contribution in [0.5, 0.6) is 0 Å². The molecule has 3 heterocycles. The van der Waals surface area contributed by atoms with Crippen LogP contribution in [0.15, 0.2) is 182 Å². The van der Waals surface area contributed by atoms with Gasteiger partial charge in [0.05, 0.1) is 0 Å². The van der Waals surface area contributed by atoms with Gasteiger partial charge in [0, 0.05) is 73.9 Å². The van der Waals surface area contributed by atoms with Gasteiger partial charge in [-0.25, -0.2) is 0 Å². The number of fused-ring (bicyclic) bond motifs is 3. The summed E-state index contributed by atoms with van der Waals surface area (Å²) < 4.78 is 0. The quantitative estimate of drug-likeness (QED) is 0.164. The van der Waals surface area contributed by atoms with Crippen molar-refractivity contribution in [2.75, 3.05) is 34.3 Å². The molecule has 251 valence electrons. The van der Waals surface area contributed by atoms with Gasteiger partial charge in [-0.15, -0.1) is 0 Å². The molecule has 5 heteroatoms. The molecular weight excluding hydrogens is 806 g/mol. The van der Waals surface area contributed by atoms with E-state index in [4.69, 9.17) is 0 Å². The zero-order valence-electron chi connectivity index (χ0n) is 28.1. The number of nitrogens with zero attached hydrogens (tertiary/aromatic N) is 3. The molecular formula is C45H42IrN3P. The van der Waals surface area contributed by atoms with Gasteiger partial charge >= 0.3 is 0 Å². The molecule has 3 aliphatic heterocycles. The van der Waals surface area contributed by atoms with Gasteiger partial charge in [0.15, 0.2) is 0 Å². The summed E-state index contributed by atoms with van der Waals surface area (Å²) in [7, 11) is 0. The molecule has 0 aliphatic carbocycles. The second kappa shape index (κ2) is 18.1. The van der Waals surface area contributed by atoms with Crippen molar-refractivity contribution in [3.63, 3.8) is 0 Å². The van der Waals surface area contributed by atoms with Gasteiger partial charge in [0.1, 0.15) is 0 Å². The Morgan fingerprint density at radius 1 is 0.300 bits per heavy atom. The van der Waals surface area contributed by atoms with Crippen LogP contribution < -0.4 is 14.7 Å². The summed E-state index contributed by atoms with van der Waals surface area (Å²) in [6.07, 6.45) is 13.2. The normalized spacial score (nSPS) is 13.1. The second-order valence-electron chi connectivity index (χ2n) is 11.7. The monoisotopic (exact) mass is 848 g/mol. The van der Waals surface area contributed by atoms with Gasteiger partial charge < -0.3 is 14.7 Å². The zero-order valence-corrected chi connectivity index (χ0v) is 31.9. The van der Waals surface area contributed by atoms with Crippen molar-refractivity contribution in [3.05, 3.63) is 199 Å². The van der Waals surface area contributed by atoms with E-state index in [1.165, 1.54) is 50.8 Å². The molecule has 0 aromatic heterocycles. The van der Waals surface area contributed by atoms with Gasteiger partial charge in [-0.05, 0) is 71.3 Å². The Labute approximate surface area is 313 Å². The average molecular weight is 848 g/mol. The first-order chi connectivity index (χ1) is 23.8. The Morgan fingerprint density at radius 2 is 0.540 bits per heavy atom. The Kier molecular flexibility index (Phi) is 13.2. The average Bonchev–Trinajstić information content (AvgIpc) is 3.19. The minimum absolute atomic E-state index is 0. The zero-order chi connectivity index (χ0) is 32.4. The van der Waals surface area contributed by atoms with Crippen LogP contribution in [0, 0.1) is 0 Å². The molecule has 1 atom stereocenters. The van der Waals surface area contributed by atoms with Crippen molar-refractivity contribution < 1.29 is 20.1 Å². The van der Waals surface area contributed by atoms with Crippen LogP contribution in [0.3, 0.4) is 0 Å². The van der Waals surface area contributed by atoms with Gasteiger partial charge in [-0.3, -0.25) is 0 Å². The summed E-state index contributed by atoms with van der Waals surface area (Å²) >= 11 is 0. The van der Waals surface area contributed by atoms with E-state index in [0.29, 0.717) is 0 Å². The third-order valence-electron chi connectivity index (χ3n) is 8.64. The van der Waals surface area contributed by atoms with E-state index in [1.54, 1.807) is 0 Å². The van der Waals surface area contributed by atoms with Gasteiger partial charge in [0.25, 0.3) is 0 Å². The third-order valence-corrected chi connectivity index (χ3v) is 8.64. The first-order valence-corrected chi connectivity index (χ1v) is 16.6. The molecule has 0 spiro atoms. The largest absolute Gasteiger partial charge is 0.337 e. The Hall–Kier alpha value is -4.98. The fourth-order valence-electron chi connectivity index (χ4n) is 6.33. The molecule has 0 N–H and O–H groups in total. The number of rotatable bonds is 3. The molecule has 3 aliphatic rings. The first-order valence-electron chi connectivity index (χ1n) is 16.6. The van der Waals surface area contributed by atoms with Crippen molar-refractivity contribution in [2.45, 2.75) is 0 Å². The fourth-order valence-corrected chi connectivity index (χ4v) is 6.33. The standard InChI is InChI=1S/3C15H13N.Ir.H3P/c3*1-2-9-14(10-3-1)16-12-6-8-13-7-4-5-11-15(13)16;;/h3*1-11H,12H2;;1H3. The number of hydrogen-bond donors (Lipinski definition) is 0. The number of hydrogen-bond acceptors (Lipinski definition) is 3. The molecule has 6 aromatic rings. The van der Waals surface area contributed by atoms with Crippen molar-refractivity contribution in [1.82, 2.24) is 0 Å². The first kappa shape index (κ1) is 36.3. The molecule has 50 heavy (non-hydrogen) atoms. The molecule has 1 radical (unpaired) electrons. The predicted octanol–water partition coefficient (Wildman–Crippen LogP) is 11.6. The van der Waals surface area contributed by atoms with Crippen molar-refractivity contribution in [3.8, 4) is 0 Å². The third kappa shape index (κ3) is 8.59. The Balaban J connectivity index is 0.000000143. The maximum atomic E-state index is 2.33. The molecule has 9 rings (SSSR count). The van der Waals surface area contributed by atoms with Crippen LogP contribution in [0.1, 0.15) is 16.7 Å². The number of anilines is 6. The molecule has 0 saturated heterocycles. The van der Waals surface area contributed by atoms with E-state index in [2.05, 4.69) is 215 Å². The SMILES string of the molecule is C1=Cc2ccccc2N(c2ccccc2)C1.C1=Cc2ccccc2N(c2ccccc2)C1.C1=Cc2ccccc2N(c2ccccc2)C1.P.[Ir]. The summed E-state index contributed by atoms with van der Waals surface area (Å²) in [6.45, 7) is 2.84. The number of benzene rings is 6. The molecule has 6 aromatic carbocycles. The Bertz CT molecular complexity index is 1790. The molecule has 0 saturated carbocycles. The fraction of sp³-hybridized carbons (Fsp3) is 0.0667. The van der Waals surface area contributed by atoms with E-state index >= 15 is 0 Å². The smallest absolute Gasteiger partial charge is 0.0487 e. The van der Waals surface area contributed by atoms with E-state index < -0.39 is 0 Å². The summed E-state index contributed by atoms with van der Waals surface area (Å²) in [4.78, 5) is 6.99. The van der Waals surface area contributed by atoms with Crippen molar-refractivity contribution in [1.29, 1.82) is 0 Å². The predicted molar refractivity (Wildman–Crippen MR) is 218 cm³/mol. The maximum Gasteiger partial charge on any atom is 0.0487 e.